The van der Waals surface area contributed by atoms with Crippen LogP contribution in [0.3, 0.4) is 0 Å². The molecule has 0 amide bonds. The van der Waals surface area contributed by atoms with Crippen LogP contribution in [0, 0.1) is 0 Å². The molecule has 1 fully saturated rings. The quantitative estimate of drug-likeness (QED) is 0.637. The summed E-state index contributed by atoms with van der Waals surface area (Å²) >= 11 is 0. The molecule has 12 heavy (non-hydrogen) atoms. The Hall–Kier alpha value is -0.700. The molecule has 0 spiro atoms. The van der Waals surface area contributed by atoms with Crippen molar-refractivity contribution in [1.82, 2.24) is 0 Å². The van der Waals surface area contributed by atoms with Crippen molar-refractivity contribution in [3.8, 4) is 0 Å². The van der Waals surface area contributed by atoms with Crippen molar-refractivity contribution in [1.29, 1.82) is 0 Å². The fraction of sp³-hybridized carbons (Fsp3) is 0.778. The van der Waals surface area contributed by atoms with Crippen LogP contribution in [0.25, 0.3) is 0 Å². The van der Waals surface area contributed by atoms with Crippen molar-refractivity contribution >= 4 is 11.6 Å². The van der Waals surface area contributed by atoms with E-state index in [1.54, 1.807) is 0 Å². The molecule has 0 radical (unpaired) electrons. The Labute approximate surface area is 72.1 Å². The van der Waals surface area contributed by atoms with Crippen molar-refractivity contribution in [2.24, 2.45) is 0 Å². The Balaban J connectivity index is 2.29. The van der Waals surface area contributed by atoms with Crippen LogP contribution in [0.15, 0.2) is 0 Å². The molecule has 1 unspecified atom stereocenters. The highest BCUT2D eigenvalue weighted by molar-refractivity contribution is 5.84. The Kier molecular flexibility index (Phi) is 3.41. The van der Waals surface area contributed by atoms with E-state index in [0.29, 0.717) is 6.42 Å². The van der Waals surface area contributed by atoms with E-state index in [4.69, 9.17) is 4.74 Å². The molecule has 0 aromatic rings. The normalized spacial score (nSPS) is 24.1. The van der Waals surface area contributed by atoms with Gasteiger partial charge in [0.15, 0.2) is 11.6 Å². The zero-order valence-electron chi connectivity index (χ0n) is 7.34. The molecular formula is C9H14O3. The van der Waals surface area contributed by atoms with Gasteiger partial charge >= 0.3 is 0 Å². The summed E-state index contributed by atoms with van der Waals surface area (Å²) in [5.41, 5.74) is 0. The largest absolute Gasteiger partial charge is 0.363 e. The van der Waals surface area contributed by atoms with E-state index in [2.05, 4.69) is 0 Å². The fourth-order valence-corrected chi connectivity index (χ4v) is 1.35. The van der Waals surface area contributed by atoms with Gasteiger partial charge in [-0.15, -0.1) is 0 Å². The van der Waals surface area contributed by atoms with Gasteiger partial charge in [-0.25, -0.2) is 0 Å². The maximum atomic E-state index is 11.2. The lowest BCUT2D eigenvalue weighted by atomic mass is 9.96. The van der Waals surface area contributed by atoms with Gasteiger partial charge in [-0.05, 0) is 26.2 Å². The topological polar surface area (TPSA) is 43.4 Å². The predicted octanol–water partition coefficient (Wildman–Crippen LogP) is 1.10. The first-order chi connectivity index (χ1) is 5.70. The molecule has 1 aliphatic carbocycles. The van der Waals surface area contributed by atoms with Crippen molar-refractivity contribution in [2.45, 2.75) is 38.7 Å². The van der Waals surface area contributed by atoms with Gasteiger partial charge in [-0.2, -0.15) is 0 Å². The van der Waals surface area contributed by atoms with Gasteiger partial charge in [-0.3, -0.25) is 9.59 Å². The number of hydrogen-bond donors (Lipinski definition) is 0. The minimum Gasteiger partial charge on any atom is -0.363 e. The van der Waals surface area contributed by atoms with Crippen LogP contribution in [0.2, 0.25) is 0 Å². The lowest BCUT2D eigenvalue weighted by Gasteiger charge is -2.19. The summed E-state index contributed by atoms with van der Waals surface area (Å²) < 4.78 is 5.16. The zero-order valence-corrected chi connectivity index (χ0v) is 7.34. The highest BCUT2D eigenvalue weighted by Crippen LogP contribution is 2.16. The molecule has 3 nitrogen and oxygen atoms in total. The molecule has 0 heterocycles. The lowest BCUT2D eigenvalue weighted by molar-refractivity contribution is -0.136. The molecule has 0 saturated heterocycles. The maximum absolute atomic E-state index is 11.2. The second-order valence-electron chi connectivity index (χ2n) is 3.21. The van der Waals surface area contributed by atoms with E-state index >= 15 is 0 Å². The monoisotopic (exact) mass is 170 g/mol. The second-order valence-corrected chi connectivity index (χ2v) is 3.21. The van der Waals surface area contributed by atoms with Crippen LogP contribution < -0.4 is 0 Å². The van der Waals surface area contributed by atoms with Crippen molar-refractivity contribution in [3.05, 3.63) is 0 Å². The van der Waals surface area contributed by atoms with Crippen LogP contribution in [0.4, 0.5) is 0 Å². The summed E-state index contributed by atoms with van der Waals surface area (Å²) in [4.78, 5) is 21.7. The predicted molar refractivity (Wildman–Crippen MR) is 43.9 cm³/mol. The van der Waals surface area contributed by atoms with Crippen molar-refractivity contribution in [2.75, 3.05) is 6.61 Å². The van der Waals surface area contributed by atoms with Crippen molar-refractivity contribution in [3.63, 3.8) is 0 Å². The maximum Gasteiger partial charge on any atom is 0.161 e. The standard InChI is InChI=1S/C9H14O3/c1-7(10)6-12-9-5-3-2-4-8(9)11/h9H,2-6H2,1H3. The number of ketones is 2. The highest BCUT2D eigenvalue weighted by Gasteiger charge is 2.22. The third-order valence-electron chi connectivity index (χ3n) is 1.99. The van der Waals surface area contributed by atoms with Gasteiger partial charge in [0.2, 0.25) is 0 Å². The number of hydrogen-bond acceptors (Lipinski definition) is 3. The molecule has 1 rings (SSSR count). The molecule has 0 bridgehead atoms. The van der Waals surface area contributed by atoms with E-state index in [-0.39, 0.29) is 24.3 Å². The highest BCUT2D eigenvalue weighted by atomic mass is 16.5. The zero-order chi connectivity index (χ0) is 8.97. The number of ether oxygens (including phenoxy) is 1. The molecule has 0 aromatic heterocycles. The number of carbonyl (C=O) groups is 2. The van der Waals surface area contributed by atoms with Crippen LogP contribution >= 0.6 is 0 Å². The van der Waals surface area contributed by atoms with Crippen LogP contribution in [0.5, 0.6) is 0 Å². The van der Waals surface area contributed by atoms with E-state index in [1.165, 1.54) is 6.92 Å². The molecule has 68 valence electrons. The lowest BCUT2D eigenvalue weighted by Crippen LogP contribution is -2.29. The Bertz CT molecular complexity index is 186. The second kappa shape index (κ2) is 4.36. The van der Waals surface area contributed by atoms with Crippen LogP contribution in [0.1, 0.15) is 32.6 Å². The Morgan fingerprint density at radius 3 is 2.92 bits per heavy atom. The summed E-state index contributed by atoms with van der Waals surface area (Å²) in [5.74, 6) is 0.135. The van der Waals surface area contributed by atoms with E-state index < -0.39 is 0 Å². The summed E-state index contributed by atoms with van der Waals surface area (Å²) in [7, 11) is 0. The first-order valence-electron chi connectivity index (χ1n) is 4.34. The average molecular weight is 170 g/mol. The molecule has 1 saturated carbocycles. The summed E-state index contributed by atoms with van der Waals surface area (Å²) in [6.07, 6.45) is 3.10. The molecular weight excluding hydrogens is 156 g/mol. The van der Waals surface area contributed by atoms with E-state index in [0.717, 1.165) is 19.3 Å². The first kappa shape index (κ1) is 9.39. The Morgan fingerprint density at radius 2 is 2.33 bits per heavy atom. The van der Waals surface area contributed by atoms with E-state index in [1.807, 2.05) is 0 Å². The number of carbonyl (C=O) groups excluding carboxylic acids is 2. The fourth-order valence-electron chi connectivity index (χ4n) is 1.35. The van der Waals surface area contributed by atoms with E-state index in [9.17, 15) is 9.59 Å². The summed E-state index contributed by atoms with van der Waals surface area (Å²) in [5, 5.41) is 0. The van der Waals surface area contributed by atoms with Gasteiger partial charge in [0, 0.05) is 6.42 Å². The molecule has 0 aromatic carbocycles. The average Bonchev–Trinajstić information content (AvgIpc) is 2.03. The van der Waals surface area contributed by atoms with Gasteiger partial charge in [0.1, 0.15) is 12.7 Å². The SMILES string of the molecule is CC(=O)COC1CCCCC1=O. The summed E-state index contributed by atoms with van der Waals surface area (Å²) in [6.45, 7) is 1.55. The Morgan fingerprint density at radius 1 is 1.58 bits per heavy atom. The van der Waals surface area contributed by atoms with Gasteiger partial charge in [0.05, 0.1) is 0 Å². The first-order valence-corrected chi connectivity index (χ1v) is 4.34. The number of rotatable bonds is 3. The van der Waals surface area contributed by atoms with Crippen LogP contribution in [-0.4, -0.2) is 24.3 Å². The molecule has 1 aliphatic rings. The van der Waals surface area contributed by atoms with Crippen molar-refractivity contribution < 1.29 is 14.3 Å². The van der Waals surface area contributed by atoms with Gasteiger partial charge < -0.3 is 4.74 Å². The smallest absolute Gasteiger partial charge is 0.161 e. The molecule has 3 heteroatoms. The summed E-state index contributed by atoms with van der Waals surface area (Å²) in [6, 6.07) is 0. The van der Waals surface area contributed by atoms with Gasteiger partial charge in [0.25, 0.3) is 0 Å². The molecule has 1 atom stereocenters. The molecule has 0 N–H and O–H groups in total. The minimum atomic E-state index is -0.303. The molecule has 0 aliphatic heterocycles. The van der Waals surface area contributed by atoms with Crippen LogP contribution in [-0.2, 0) is 14.3 Å². The minimum absolute atomic E-state index is 0.0200. The number of Topliss-reactive ketones (excluding diaryl/α,β-unsaturated/α-hetero) is 2. The third-order valence-corrected chi connectivity index (χ3v) is 1.99. The van der Waals surface area contributed by atoms with Gasteiger partial charge in [-0.1, -0.05) is 0 Å². The third kappa shape index (κ3) is 2.74.